The second-order valence-electron chi connectivity index (χ2n) is 5.93. The normalized spacial score (nSPS) is 17.6. The molecule has 2 rings (SSSR count). The first-order valence-corrected chi connectivity index (χ1v) is 8.33. The Balaban J connectivity index is 1.75. The highest BCUT2D eigenvalue weighted by atomic mass is 32.2. The fourth-order valence-electron chi connectivity index (χ4n) is 2.46. The van der Waals surface area contributed by atoms with Gasteiger partial charge in [0.05, 0.1) is 11.3 Å². The average molecular weight is 292 g/mol. The second-order valence-corrected chi connectivity index (χ2v) is 6.91. The summed E-state index contributed by atoms with van der Waals surface area (Å²) in [6, 6.07) is 8.41. The van der Waals surface area contributed by atoms with Gasteiger partial charge in [-0.05, 0) is 38.2 Å². The van der Waals surface area contributed by atoms with E-state index in [9.17, 15) is 4.79 Å². The molecule has 0 bridgehead atoms. The van der Waals surface area contributed by atoms with Crippen LogP contribution in [0.3, 0.4) is 0 Å². The fraction of sp³-hybridized carbons (Fsp3) is 0.562. The second kappa shape index (κ2) is 6.64. The van der Waals surface area contributed by atoms with Crippen LogP contribution in [-0.2, 0) is 10.5 Å². The molecule has 4 heteroatoms. The summed E-state index contributed by atoms with van der Waals surface area (Å²) in [7, 11) is 0. The van der Waals surface area contributed by atoms with Crippen LogP contribution in [0.5, 0.6) is 0 Å². The summed E-state index contributed by atoms with van der Waals surface area (Å²) in [6.07, 6.45) is 2.37. The van der Waals surface area contributed by atoms with Crippen LogP contribution < -0.4 is 11.1 Å². The zero-order chi connectivity index (χ0) is 14.6. The average Bonchev–Trinajstić information content (AvgIpc) is 3.23. The lowest BCUT2D eigenvalue weighted by atomic mass is 9.96. The zero-order valence-electron chi connectivity index (χ0n) is 12.3. The topological polar surface area (TPSA) is 55.1 Å². The number of thioether (sulfide) groups is 1. The number of nitrogens with two attached hydrogens (primary N) is 1. The van der Waals surface area contributed by atoms with Crippen molar-refractivity contribution in [2.24, 2.45) is 11.7 Å². The fourth-order valence-corrected chi connectivity index (χ4v) is 3.23. The van der Waals surface area contributed by atoms with E-state index in [1.807, 2.05) is 0 Å². The first-order chi connectivity index (χ1) is 9.53. The van der Waals surface area contributed by atoms with Crippen LogP contribution in [0.25, 0.3) is 0 Å². The summed E-state index contributed by atoms with van der Waals surface area (Å²) in [5.41, 5.74) is 8.13. The number of carbonyl (C=O) groups excluding carboxylic acids is 1. The molecule has 1 saturated carbocycles. The van der Waals surface area contributed by atoms with Crippen LogP contribution >= 0.6 is 11.8 Å². The van der Waals surface area contributed by atoms with Gasteiger partial charge in [-0.3, -0.25) is 4.79 Å². The lowest BCUT2D eigenvalue weighted by Gasteiger charge is -2.29. The molecule has 3 nitrogen and oxygen atoms in total. The standard InChI is InChI=1S/C16H24N2OS/c1-12-4-3-5-13(8-12)9-20-10-15(19)18-16(2,11-17)14-6-7-14/h3-5,8,14H,6-7,9-11,17H2,1-2H3,(H,18,19). The van der Waals surface area contributed by atoms with Crippen molar-refractivity contribution in [1.82, 2.24) is 5.32 Å². The van der Waals surface area contributed by atoms with E-state index in [1.165, 1.54) is 24.0 Å². The molecule has 1 unspecified atom stereocenters. The van der Waals surface area contributed by atoms with Gasteiger partial charge in [-0.15, -0.1) is 11.8 Å². The van der Waals surface area contributed by atoms with Crippen molar-refractivity contribution in [1.29, 1.82) is 0 Å². The number of nitrogens with one attached hydrogen (secondary N) is 1. The van der Waals surface area contributed by atoms with E-state index in [-0.39, 0.29) is 11.4 Å². The minimum absolute atomic E-state index is 0.0995. The molecular weight excluding hydrogens is 268 g/mol. The van der Waals surface area contributed by atoms with Gasteiger partial charge in [0.25, 0.3) is 0 Å². The van der Waals surface area contributed by atoms with Gasteiger partial charge in [-0.25, -0.2) is 0 Å². The number of aryl methyl sites for hydroxylation is 1. The summed E-state index contributed by atoms with van der Waals surface area (Å²) < 4.78 is 0. The van der Waals surface area contributed by atoms with Crippen LogP contribution in [0.15, 0.2) is 24.3 Å². The van der Waals surface area contributed by atoms with Gasteiger partial charge in [0, 0.05) is 12.3 Å². The van der Waals surface area contributed by atoms with Crippen molar-refractivity contribution in [3.05, 3.63) is 35.4 Å². The molecule has 0 saturated heterocycles. The molecule has 1 fully saturated rings. The smallest absolute Gasteiger partial charge is 0.230 e. The maximum atomic E-state index is 12.0. The predicted octanol–water partition coefficient (Wildman–Crippen LogP) is 2.47. The van der Waals surface area contributed by atoms with E-state index in [1.54, 1.807) is 11.8 Å². The van der Waals surface area contributed by atoms with E-state index in [0.717, 1.165) is 5.75 Å². The highest BCUT2D eigenvalue weighted by molar-refractivity contribution is 7.99. The van der Waals surface area contributed by atoms with Crippen molar-refractivity contribution in [2.45, 2.75) is 38.0 Å². The van der Waals surface area contributed by atoms with Crippen molar-refractivity contribution in [2.75, 3.05) is 12.3 Å². The van der Waals surface area contributed by atoms with E-state index < -0.39 is 0 Å². The van der Waals surface area contributed by atoms with Crippen molar-refractivity contribution in [3.63, 3.8) is 0 Å². The van der Waals surface area contributed by atoms with Gasteiger partial charge in [0.1, 0.15) is 0 Å². The summed E-state index contributed by atoms with van der Waals surface area (Å²) in [4.78, 5) is 12.0. The highest BCUT2D eigenvalue weighted by Gasteiger charge is 2.41. The third-order valence-electron chi connectivity index (χ3n) is 3.91. The SMILES string of the molecule is Cc1cccc(CSCC(=O)NC(C)(CN)C2CC2)c1. The minimum atomic E-state index is -0.207. The largest absolute Gasteiger partial charge is 0.349 e. The van der Waals surface area contributed by atoms with E-state index in [4.69, 9.17) is 5.73 Å². The molecule has 1 aromatic rings. The number of amides is 1. The Kier molecular flexibility index (Phi) is 5.11. The molecule has 1 aliphatic rings. The van der Waals surface area contributed by atoms with Crippen molar-refractivity contribution in [3.8, 4) is 0 Å². The van der Waals surface area contributed by atoms with Crippen LogP contribution in [-0.4, -0.2) is 23.7 Å². The van der Waals surface area contributed by atoms with Crippen LogP contribution in [0.2, 0.25) is 0 Å². The number of hydrogen-bond donors (Lipinski definition) is 2. The third-order valence-corrected chi connectivity index (χ3v) is 4.92. The molecule has 0 aliphatic heterocycles. The van der Waals surface area contributed by atoms with Crippen LogP contribution in [0.4, 0.5) is 0 Å². The van der Waals surface area contributed by atoms with Gasteiger partial charge in [0.15, 0.2) is 0 Å². The third kappa shape index (κ3) is 4.25. The van der Waals surface area contributed by atoms with Gasteiger partial charge < -0.3 is 11.1 Å². The Hall–Kier alpha value is -1.00. The molecule has 1 amide bonds. The van der Waals surface area contributed by atoms with Gasteiger partial charge in [-0.2, -0.15) is 0 Å². The maximum Gasteiger partial charge on any atom is 0.230 e. The minimum Gasteiger partial charge on any atom is -0.349 e. The molecule has 110 valence electrons. The van der Waals surface area contributed by atoms with E-state index in [2.05, 4.69) is 43.4 Å². The molecule has 0 aromatic heterocycles. The molecule has 0 spiro atoms. The molecule has 3 N–H and O–H groups in total. The Labute approximate surface area is 125 Å². The van der Waals surface area contributed by atoms with Crippen LogP contribution in [0.1, 0.15) is 30.9 Å². The summed E-state index contributed by atoms with van der Waals surface area (Å²) in [6.45, 7) is 4.67. The van der Waals surface area contributed by atoms with Crippen molar-refractivity contribution >= 4 is 17.7 Å². The van der Waals surface area contributed by atoms with E-state index >= 15 is 0 Å². The first kappa shape index (κ1) is 15.4. The molecule has 20 heavy (non-hydrogen) atoms. The number of benzene rings is 1. The first-order valence-electron chi connectivity index (χ1n) is 7.18. The number of rotatable bonds is 7. The Bertz CT molecular complexity index is 473. The molecule has 1 aromatic carbocycles. The van der Waals surface area contributed by atoms with Gasteiger partial charge in [0.2, 0.25) is 5.91 Å². The monoisotopic (exact) mass is 292 g/mol. The Morgan fingerprint density at radius 3 is 2.85 bits per heavy atom. The maximum absolute atomic E-state index is 12.0. The summed E-state index contributed by atoms with van der Waals surface area (Å²) in [5, 5.41) is 3.12. The lowest BCUT2D eigenvalue weighted by Crippen LogP contribution is -2.53. The molecule has 1 aliphatic carbocycles. The molecule has 0 radical (unpaired) electrons. The van der Waals surface area contributed by atoms with Gasteiger partial charge in [-0.1, -0.05) is 29.8 Å². The number of carbonyl (C=O) groups is 1. The molecule has 0 heterocycles. The molecular formula is C16H24N2OS. The van der Waals surface area contributed by atoms with Crippen molar-refractivity contribution < 1.29 is 4.79 Å². The van der Waals surface area contributed by atoms with Crippen LogP contribution in [0, 0.1) is 12.8 Å². The molecule has 1 atom stereocenters. The summed E-state index contributed by atoms with van der Waals surface area (Å²) in [5.74, 6) is 2.04. The highest BCUT2D eigenvalue weighted by Crippen LogP contribution is 2.38. The zero-order valence-corrected chi connectivity index (χ0v) is 13.1. The predicted molar refractivity (Wildman–Crippen MR) is 85.7 cm³/mol. The Morgan fingerprint density at radius 1 is 1.50 bits per heavy atom. The lowest BCUT2D eigenvalue weighted by molar-refractivity contribution is -0.120. The van der Waals surface area contributed by atoms with E-state index in [0.29, 0.717) is 18.2 Å². The number of hydrogen-bond acceptors (Lipinski definition) is 3. The summed E-state index contributed by atoms with van der Waals surface area (Å²) >= 11 is 1.65. The van der Waals surface area contributed by atoms with Gasteiger partial charge >= 0.3 is 0 Å². The Morgan fingerprint density at radius 2 is 2.25 bits per heavy atom. The quantitative estimate of drug-likeness (QED) is 0.812.